The Morgan fingerprint density at radius 1 is 1.00 bits per heavy atom. The number of rotatable bonds is 0. The minimum atomic E-state index is 0. The van der Waals surface area contributed by atoms with Gasteiger partial charge in [-0.2, -0.15) is 0 Å². The number of hydrogen-bond acceptors (Lipinski definition) is 0. The van der Waals surface area contributed by atoms with E-state index in [-0.39, 0.29) is 64.3 Å². The standard InChI is InChI=1S/2FH.Na.Sn.H/h2*1H;;;/q;;+1;+2;-1/p-2. The molecule has 0 nitrogen and oxygen atoms in total. The summed E-state index contributed by atoms with van der Waals surface area (Å²) in [4.78, 5) is 0. The second-order valence-corrected chi connectivity index (χ2v) is 0. The van der Waals surface area contributed by atoms with Crippen molar-refractivity contribution < 1.29 is 40.4 Å². The van der Waals surface area contributed by atoms with Gasteiger partial charge in [-0.1, -0.05) is 0 Å². The van der Waals surface area contributed by atoms with Gasteiger partial charge in [0.15, 0.2) is 0 Å². The van der Waals surface area contributed by atoms with Crippen LogP contribution in [0.5, 0.6) is 0 Å². The summed E-state index contributed by atoms with van der Waals surface area (Å²) in [5, 5.41) is 0. The molecule has 0 saturated heterocycles. The first-order valence-corrected chi connectivity index (χ1v) is 0. The van der Waals surface area contributed by atoms with Crippen molar-refractivity contribution in [2.24, 2.45) is 0 Å². The Kier molecular flexibility index (Phi) is 253. The van der Waals surface area contributed by atoms with Crippen LogP contribution in [0.25, 0.3) is 0 Å². The van der Waals surface area contributed by atoms with Crippen LogP contribution in [0.1, 0.15) is 1.43 Å². The average molecular weight is 181 g/mol. The van der Waals surface area contributed by atoms with E-state index in [2.05, 4.69) is 0 Å². The molecule has 0 bridgehead atoms. The Morgan fingerprint density at radius 2 is 1.00 bits per heavy atom. The Labute approximate surface area is 63.8 Å². The molecule has 0 saturated carbocycles. The fourth-order valence-corrected chi connectivity index (χ4v) is 0. The summed E-state index contributed by atoms with van der Waals surface area (Å²) < 4.78 is 0. The quantitative estimate of drug-likeness (QED) is 0.325. The molecule has 0 N–H and O–H groups in total. The summed E-state index contributed by atoms with van der Waals surface area (Å²) in [6, 6.07) is 0. The van der Waals surface area contributed by atoms with Crippen molar-refractivity contribution >= 4 is 23.9 Å². The monoisotopic (exact) mass is 182 g/mol. The molecule has 0 aromatic carbocycles. The van der Waals surface area contributed by atoms with Crippen molar-refractivity contribution in [3.05, 3.63) is 0 Å². The predicted molar refractivity (Wildman–Crippen MR) is 6.87 cm³/mol. The molecule has 0 aliphatic carbocycles. The molecular weight excluding hydrogens is 180 g/mol. The molecule has 0 amide bonds. The third kappa shape index (κ3) is 9.40. The fraction of sp³-hybridized carbons (Fsp3) is 0. The minimum Gasteiger partial charge on any atom is -1.00 e. The summed E-state index contributed by atoms with van der Waals surface area (Å²) in [5.74, 6) is 0. The first-order valence-electron chi connectivity index (χ1n) is 0. The molecule has 0 rings (SSSR count). The normalized spacial score (nSPS) is 0. The molecule has 0 aromatic heterocycles. The maximum absolute atomic E-state index is 0. The fourth-order valence-electron chi connectivity index (χ4n) is 0. The smallest absolute Gasteiger partial charge is 1.00 e. The van der Waals surface area contributed by atoms with E-state index in [1.54, 1.807) is 0 Å². The molecule has 0 aliphatic heterocycles. The van der Waals surface area contributed by atoms with Gasteiger partial charge in [0.2, 0.25) is 0 Å². The second kappa shape index (κ2) is 22.7. The van der Waals surface area contributed by atoms with Gasteiger partial charge in [0.05, 0.1) is 0 Å². The molecule has 0 heterocycles. The second-order valence-electron chi connectivity index (χ2n) is 0. The van der Waals surface area contributed by atoms with E-state index < -0.39 is 0 Å². The molecule has 4 heavy (non-hydrogen) atoms. The third-order valence-corrected chi connectivity index (χ3v) is 0. The van der Waals surface area contributed by atoms with Crippen LogP contribution in [-0.4, -0.2) is 23.9 Å². The third-order valence-electron chi connectivity index (χ3n) is 0. The largest absolute Gasteiger partial charge is 2.00 e. The molecule has 2 radical (unpaired) electrons. The van der Waals surface area contributed by atoms with Crippen LogP contribution in [0.4, 0.5) is 0 Å². The van der Waals surface area contributed by atoms with Gasteiger partial charge in [-0.3, -0.25) is 0 Å². The maximum Gasteiger partial charge on any atom is 2.00 e. The van der Waals surface area contributed by atoms with Crippen molar-refractivity contribution in [1.82, 2.24) is 0 Å². The van der Waals surface area contributed by atoms with Crippen molar-refractivity contribution in [3.63, 3.8) is 0 Å². The van der Waals surface area contributed by atoms with Crippen LogP contribution in [0, 0.1) is 0 Å². The summed E-state index contributed by atoms with van der Waals surface area (Å²) in [6.07, 6.45) is 0. The summed E-state index contributed by atoms with van der Waals surface area (Å²) in [5.41, 5.74) is 0. The van der Waals surface area contributed by atoms with Gasteiger partial charge >= 0.3 is 53.5 Å². The molecule has 20 valence electrons. The molecular formula is HF2NaSn. The van der Waals surface area contributed by atoms with Crippen molar-refractivity contribution in [3.8, 4) is 0 Å². The van der Waals surface area contributed by atoms with E-state index in [1.807, 2.05) is 0 Å². The first-order chi connectivity index (χ1) is 0. The van der Waals surface area contributed by atoms with Gasteiger partial charge in [0.1, 0.15) is 0 Å². The molecule has 4 heteroatoms. The summed E-state index contributed by atoms with van der Waals surface area (Å²) in [6.45, 7) is 0. The van der Waals surface area contributed by atoms with Gasteiger partial charge in [-0.15, -0.1) is 0 Å². The molecule has 0 aliphatic rings. The molecule has 0 spiro atoms. The molecule has 0 fully saturated rings. The zero-order valence-corrected chi connectivity index (χ0v) is 7.11. The van der Waals surface area contributed by atoms with Gasteiger partial charge in [-0.05, 0) is 0 Å². The number of halogens is 2. The topological polar surface area (TPSA) is 0 Å². The molecule has 0 atom stereocenters. The zero-order valence-electron chi connectivity index (χ0n) is 3.26. The summed E-state index contributed by atoms with van der Waals surface area (Å²) in [7, 11) is 0. The van der Waals surface area contributed by atoms with Crippen molar-refractivity contribution in [2.45, 2.75) is 0 Å². The maximum atomic E-state index is 0. The van der Waals surface area contributed by atoms with Gasteiger partial charge in [0.25, 0.3) is 0 Å². The van der Waals surface area contributed by atoms with Crippen LogP contribution < -0.4 is 39.0 Å². The van der Waals surface area contributed by atoms with Crippen LogP contribution in [0.3, 0.4) is 0 Å². The van der Waals surface area contributed by atoms with E-state index in [9.17, 15) is 0 Å². The average Bonchev–Trinajstić information content (AvgIpc) is 0. The van der Waals surface area contributed by atoms with Gasteiger partial charge < -0.3 is 10.8 Å². The van der Waals surface area contributed by atoms with Crippen molar-refractivity contribution in [1.29, 1.82) is 0 Å². The Hall–Kier alpha value is 1.66. The van der Waals surface area contributed by atoms with Crippen molar-refractivity contribution in [2.75, 3.05) is 0 Å². The van der Waals surface area contributed by atoms with E-state index in [0.29, 0.717) is 0 Å². The van der Waals surface area contributed by atoms with E-state index in [1.165, 1.54) is 0 Å². The predicted octanol–water partition coefficient (Wildman–Crippen LogP) is -9.26. The Balaban J connectivity index is 0. The van der Waals surface area contributed by atoms with E-state index >= 15 is 0 Å². The van der Waals surface area contributed by atoms with Crippen LogP contribution >= 0.6 is 0 Å². The van der Waals surface area contributed by atoms with Crippen LogP contribution in [0.2, 0.25) is 0 Å². The zero-order chi connectivity index (χ0) is 0. The summed E-state index contributed by atoms with van der Waals surface area (Å²) >= 11 is 0. The van der Waals surface area contributed by atoms with Crippen LogP contribution in [-0.2, 0) is 0 Å². The Bertz CT molecular complexity index is 9.61. The van der Waals surface area contributed by atoms with Crippen LogP contribution in [0.15, 0.2) is 0 Å². The van der Waals surface area contributed by atoms with Gasteiger partial charge in [-0.25, -0.2) is 0 Å². The number of hydrogen-bond donors (Lipinski definition) is 0. The van der Waals surface area contributed by atoms with E-state index in [4.69, 9.17) is 0 Å². The van der Waals surface area contributed by atoms with Gasteiger partial charge in [0, 0.05) is 0 Å². The van der Waals surface area contributed by atoms with E-state index in [0.717, 1.165) is 0 Å². The Morgan fingerprint density at radius 3 is 1.00 bits per heavy atom. The SMILES string of the molecule is [F-].[F-].[H-].[Na+].[Sn+2]. The minimum absolute atomic E-state index is 0. The molecule has 0 unspecified atom stereocenters. The first kappa shape index (κ1) is 44.6. The molecule has 0 aromatic rings.